The number of hydrogen-bond acceptors (Lipinski definition) is 6. The van der Waals surface area contributed by atoms with Crippen LogP contribution in [0.15, 0.2) is 59.8 Å². The van der Waals surface area contributed by atoms with E-state index < -0.39 is 11.9 Å². The third-order valence-electron chi connectivity index (χ3n) is 6.43. The lowest BCUT2D eigenvalue weighted by molar-refractivity contribution is -0.140. The molecule has 0 aliphatic carbocycles. The summed E-state index contributed by atoms with van der Waals surface area (Å²) in [5.41, 5.74) is 1.46. The van der Waals surface area contributed by atoms with Crippen LogP contribution in [0.2, 0.25) is 0 Å². The number of H-pyrrole nitrogens is 1. The molecule has 9 nitrogen and oxygen atoms in total. The minimum absolute atomic E-state index is 0.00149. The number of pyridine rings is 1. The second-order valence-corrected chi connectivity index (χ2v) is 9.11. The Labute approximate surface area is 221 Å². The van der Waals surface area contributed by atoms with Crippen LogP contribution < -0.4 is 10.4 Å². The van der Waals surface area contributed by atoms with Gasteiger partial charge in [-0.2, -0.15) is 13.2 Å². The summed E-state index contributed by atoms with van der Waals surface area (Å²) in [5.74, 6) is 0.988. The van der Waals surface area contributed by atoms with Crippen LogP contribution in [-0.4, -0.2) is 40.2 Å². The number of fused-ring (bicyclic) bond motifs is 1. The van der Waals surface area contributed by atoms with Crippen LogP contribution >= 0.6 is 0 Å². The molecule has 1 N–H and O–H groups in total. The Bertz CT molecular complexity index is 1670. The number of rotatable bonds is 8. The maximum Gasteiger partial charge on any atom is 0.434 e. The number of hydrogen-bond donors (Lipinski definition) is 1. The first kappa shape index (κ1) is 26.1. The van der Waals surface area contributed by atoms with Crippen LogP contribution in [0.4, 0.5) is 13.2 Å². The van der Waals surface area contributed by atoms with E-state index in [2.05, 4.69) is 24.9 Å². The molecule has 39 heavy (non-hydrogen) atoms. The lowest BCUT2D eigenvalue weighted by Gasteiger charge is -2.16. The average molecular weight is 538 g/mol. The Morgan fingerprint density at radius 3 is 2.46 bits per heavy atom. The lowest BCUT2D eigenvalue weighted by Crippen LogP contribution is -2.18. The number of nitrogens with one attached hydrogen (secondary N) is 1. The number of nitrogens with zero attached hydrogens (tertiary/aromatic N) is 6. The molecule has 0 spiro atoms. The van der Waals surface area contributed by atoms with Crippen molar-refractivity contribution in [1.29, 1.82) is 0 Å². The summed E-state index contributed by atoms with van der Waals surface area (Å²) in [7, 11) is 1.51. The van der Waals surface area contributed by atoms with Gasteiger partial charge in [-0.25, -0.2) is 24.7 Å². The standard InChI is InChI=1S/C27H26F3N7O2/c1-4-18(5-2)39-25-19(7-6-12-31-25)22-32-13-20-24(35-22)37(26(38)33-20)14-16-8-10-17(11-9-16)23-34-21(15-36(23)3)27(28,29)30/h6-13,15,18H,4-5,14H2,1-3H3,(H,33,38). The molecular weight excluding hydrogens is 511 g/mol. The van der Waals surface area contributed by atoms with Gasteiger partial charge in [0.05, 0.1) is 24.4 Å². The van der Waals surface area contributed by atoms with E-state index >= 15 is 0 Å². The van der Waals surface area contributed by atoms with Crippen molar-refractivity contribution < 1.29 is 17.9 Å². The Morgan fingerprint density at radius 2 is 1.79 bits per heavy atom. The van der Waals surface area contributed by atoms with Gasteiger partial charge >= 0.3 is 11.9 Å². The number of aromatic amines is 1. The molecule has 0 unspecified atom stereocenters. The molecule has 0 aliphatic rings. The van der Waals surface area contributed by atoms with E-state index in [0.717, 1.165) is 24.6 Å². The van der Waals surface area contributed by atoms with Gasteiger partial charge in [-0.15, -0.1) is 0 Å². The fourth-order valence-electron chi connectivity index (χ4n) is 4.30. The molecule has 0 saturated heterocycles. The molecule has 202 valence electrons. The van der Waals surface area contributed by atoms with Gasteiger partial charge in [0.15, 0.2) is 17.2 Å². The second-order valence-electron chi connectivity index (χ2n) is 9.11. The normalized spacial score (nSPS) is 12.0. The SMILES string of the molecule is CCC(CC)Oc1ncccc1-c1ncc2[nH]c(=O)n(Cc3ccc(-c4nc(C(F)(F)F)cn4C)cc3)c2n1. The lowest BCUT2D eigenvalue weighted by atomic mass is 10.1. The molecule has 5 rings (SSSR count). The van der Waals surface area contributed by atoms with Crippen molar-refractivity contribution in [2.75, 3.05) is 0 Å². The van der Waals surface area contributed by atoms with Crippen LogP contribution in [0, 0.1) is 0 Å². The van der Waals surface area contributed by atoms with E-state index in [1.807, 2.05) is 19.9 Å². The minimum atomic E-state index is -4.52. The second kappa shape index (κ2) is 10.4. The summed E-state index contributed by atoms with van der Waals surface area (Å²) in [4.78, 5) is 32.8. The smallest absolute Gasteiger partial charge is 0.434 e. The van der Waals surface area contributed by atoms with Crippen molar-refractivity contribution in [2.45, 2.75) is 45.5 Å². The van der Waals surface area contributed by atoms with Crippen LogP contribution in [0.25, 0.3) is 33.9 Å². The molecule has 4 heterocycles. The Hall–Kier alpha value is -4.48. The molecule has 5 aromatic rings. The summed E-state index contributed by atoms with van der Waals surface area (Å²) in [5, 5.41) is 0. The maximum absolute atomic E-state index is 13.1. The van der Waals surface area contributed by atoms with E-state index in [1.165, 1.54) is 16.2 Å². The van der Waals surface area contributed by atoms with Crippen molar-refractivity contribution in [3.8, 4) is 28.7 Å². The van der Waals surface area contributed by atoms with E-state index in [1.54, 1.807) is 42.7 Å². The van der Waals surface area contributed by atoms with E-state index in [-0.39, 0.29) is 24.2 Å². The highest BCUT2D eigenvalue weighted by molar-refractivity contribution is 5.74. The number of aryl methyl sites for hydroxylation is 1. The first-order valence-electron chi connectivity index (χ1n) is 12.4. The molecule has 0 bridgehead atoms. The quantitative estimate of drug-likeness (QED) is 0.291. The molecule has 0 fully saturated rings. The molecule has 4 aromatic heterocycles. The number of halogens is 3. The Balaban J connectivity index is 1.45. The zero-order valence-corrected chi connectivity index (χ0v) is 21.5. The molecule has 12 heteroatoms. The average Bonchev–Trinajstić information content (AvgIpc) is 3.47. The topological polar surface area (TPSA) is 104 Å². The van der Waals surface area contributed by atoms with Crippen molar-refractivity contribution in [1.82, 2.24) is 34.1 Å². The van der Waals surface area contributed by atoms with Crippen molar-refractivity contribution in [2.24, 2.45) is 7.05 Å². The number of benzene rings is 1. The molecule has 0 aliphatic heterocycles. The maximum atomic E-state index is 13.1. The van der Waals surface area contributed by atoms with Crippen LogP contribution in [0.1, 0.15) is 37.9 Å². The first-order valence-corrected chi connectivity index (χ1v) is 12.4. The molecule has 1 aromatic carbocycles. The van der Waals surface area contributed by atoms with Gasteiger partial charge < -0.3 is 14.3 Å². The highest BCUT2D eigenvalue weighted by Gasteiger charge is 2.34. The molecular formula is C27H26F3N7O2. The number of imidazole rings is 2. The molecule has 0 saturated carbocycles. The van der Waals surface area contributed by atoms with Gasteiger partial charge in [0.2, 0.25) is 5.88 Å². The number of ether oxygens (including phenoxy) is 1. The molecule has 0 atom stereocenters. The van der Waals surface area contributed by atoms with Crippen molar-refractivity contribution >= 4 is 11.2 Å². The minimum Gasteiger partial charge on any atom is -0.474 e. The van der Waals surface area contributed by atoms with Gasteiger partial charge in [0, 0.05) is 25.0 Å². The summed E-state index contributed by atoms with van der Waals surface area (Å²) >= 11 is 0. The third-order valence-corrected chi connectivity index (χ3v) is 6.43. The fourth-order valence-corrected chi connectivity index (χ4v) is 4.30. The molecule has 0 radical (unpaired) electrons. The predicted molar refractivity (Wildman–Crippen MR) is 139 cm³/mol. The zero-order chi connectivity index (χ0) is 27.7. The summed E-state index contributed by atoms with van der Waals surface area (Å²) in [6.45, 7) is 4.27. The third kappa shape index (κ3) is 5.27. The van der Waals surface area contributed by atoms with Crippen molar-refractivity contribution in [3.05, 3.63) is 76.7 Å². The van der Waals surface area contributed by atoms with Gasteiger partial charge in [-0.1, -0.05) is 38.1 Å². The zero-order valence-electron chi connectivity index (χ0n) is 21.5. The summed E-state index contributed by atoms with van der Waals surface area (Å²) in [6, 6.07) is 10.4. The first-order chi connectivity index (χ1) is 18.7. The van der Waals surface area contributed by atoms with Crippen LogP contribution in [-0.2, 0) is 19.8 Å². The summed E-state index contributed by atoms with van der Waals surface area (Å²) < 4.78 is 48.1. The summed E-state index contributed by atoms with van der Waals surface area (Å²) in [6.07, 6.45) is 1.27. The van der Waals surface area contributed by atoms with Gasteiger partial charge in [-0.05, 0) is 30.5 Å². The van der Waals surface area contributed by atoms with Gasteiger partial charge in [0.1, 0.15) is 11.3 Å². The monoisotopic (exact) mass is 537 g/mol. The van der Waals surface area contributed by atoms with Gasteiger partial charge in [-0.3, -0.25) is 4.57 Å². The Kier molecular flexibility index (Phi) is 6.94. The van der Waals surface area contributed by atoms with Gasteiger partial charge in [0.25, 0.3) is 0 Å². The van der Waals surface area contributed by atoms with E-state index in [0.29, 0.717) is 34.0 Å². The largest absolute Gasteiger partial charge is 0.474 e. The highest BCUT2D eigenvalue weighted by Crippen LogP contribution is 2.31. The molecule has 0 amide bonds. The van der Waals surface area contributed by atoms with Crippen molar-refractivity contribution in [3.63, 3.8) is 0 Å². The predicted octanol–water partition coefficient (Wildman–Crippen LogP) is 5.22. The van der Waals surface area contributed by atoms with E-state index in [4.69, 9.17) is 4.74 Å². The number of alkyl halides is 3. The highest BCUT2D eigenvalue weighted by atomic mass is 19.4. The van der Waals surface area contributed by atoms with Crippen LogP contribution in [0.3, 0.4) is 0 Å². The number of aromatic nitrogens is 7. The van der Waals surface area contributed by atoms with E-state index in [9.17, 15) is 18.0 Å². The van der Waals surface area contributed by atoms with Crippen LogP contribution in [0.5, 0.6) is 5.88 Å². The fraction of sp³-hybridized carbons (Fsp3) is 0.296. The Morgan fingerprint density at radius 1 is 1.05 bits per heavy atom.